The summed E-state index contributed by atoms with van der Waals surface area (Å²) in [4.78, 5) is 26.8. The zero-order valence-corrected chi connectivity index (χ0v) is 16.0. The molecular formula is C21H25ClN2O2. The largest absolute Gasteiger partial charge is 0.355 e. The molecule has 0 heterocycles. The van der Waals surface area contributed by atoms with Gasteiger partial charge in [0, 0.05) is 18.1 Å². The summed E-state index contributed by atoms with van der Waals surface area (Å²) in [5.74, 6) is -0.202. The SMILES string of the molecule is CCNC(=O)[C@H](C)N(CCc1ccccc1)C(=O)Cc1ccc(Cl)cc1. The van der Waals surface area contributed by atoms with E-state index in [1.54, 1.807) is 24.0 Å². The van der Waals surface area contributed by atoms with E-state index in [2.05, 4.69) is 5.32 Å². The van der Waals surface area contributed by atoms with Crippen molar-refractivity contribution in [3.8, 4) is 0 Å². The summed E-state index contributed by atoms with van der Waals surface area (Å²) in [6.45, 7) is 4.68. The lowest BCUT2D eigenvalue weighted by molar-refractivity contribution is -0.139. The molecular weight excluding hydrogens is 348 g/mol. The lowest BCUT2D eigenvalue weighted by Crippen LogP contribution is -2.49. The number of likely N-dealkylation sites (N-methyl/N-ethyl adjacent to an activating group) is 1. The highest BCUT2D eigenvalue weighted by Gasteiger charge is 2.25. The molecule has 4 nitrogen and oxygen atoms in total. The van der Waals surface area contributed by atoms with E-state index in [0.29, 0.717) is 24.5 Å². The molecule has 0 fully saturated rings. The Hall–Kier alpha value is -2.33. The van der Waals surface area contributed by atoms with Gasteiger partial charge in [-0.1, -0.05) is 54.1 Å². The van der Waals surface area contributed by atoms with Gasteiger partial charge in [0.2, 0.25) is 11.8 Å². The van der Waals surface area contributed by atoms with Gasteiger partial charge in [-0.3, -0.25) is 9.59 Å². The number of carbonyl (C=O) groups excluding carboxylic acids is 2. The Morgan fingerprint density at radius 2 is 1.69 bits per heavy atom. The van der Waals surface area contributed by atoms with Crippen molar-refractivity contribution < 1.29 is 9.59 Å². The van der Waals surface area contributed by atoms with Gasteiger partial charge in [-0.15, -0.1) is 0 Å². The molecule has 0 spiro atoms. The van der Waals surface area contributed by atoms with E-state index in [-0.39, 0.29) is 18.2 Å². The summed E-state index contributed by atoms with van der Waals surface area (Å²) in [5, 5.41) is 3.44. The van der Waals surface area contributed by atoms with E-state index in [4.69, 9.17) is 11.6 Å². The zero-order chi connectivity index (χ0) is 18.9. The molecule has 26 heavy (non-hydrogen) atoms. The van der Waals surface area contributed by atoms with E-state index in [9.17, 15) is 9.59 Å². The van der Waals surface area contributed by atoms with Crippen LogP contribution in [0.3, 0.4) is 0 Å². The van der Waals surface area contributed by atoms with Crippen LogP contribution in [0.1, 0.15) is 25.0 Å². The second-order valence-electron chi connectivity index (χ2n) is 6.20. The Balaban J connectivity index is 2.11. The average Bonchev–Trinajstić information content (AvgIpc) is 2.64. The molecule has 0 bridgehead atoms. The van der Waals surface area contributed by atoms with Gasteiger partial charge in [-0.2, -0.15) is 0 Å². The molecule has 5 heteroatoms. The van der Waals surface area contributed by atoms with Gasteiger partial charge in [0.15, 0.2) is 0 Å². The Labute approximate surface area is 160 Å². The highest BCUT2D eigenvalue weighted by atomic mass is 35.5. The average molecular weight is 373 g/mol. The quantitative estimate of drug-likeness (QED) is 0.771. The highest BCUT2D eigenvalue weighted by Crippen LogP contribution is 2.13. The van der Waals surface area contributed by atoms with Crippen molar-refractivity contribution in [2.45, 2.75) is 32.7 Å². The number of nitrogens with one attached hydrogen (secondary N) is 1. The molecule has 1 atom stereocenters. The molecule has 0 radical (unpaired) electrons. The maximum absolute atomic E-state index is 12.9. The molecule has 0 aromatic heterocycles. The number of amides is 2. The molecule has 2 aromatic rings. The third-order valence-electron chi connectivity index (χ3n) is 4.27. The van der Waals surface area contributed by atoms with E-state index < -0.39 is 6.04 Å². The minimum Gasteiger partial charge on any atom is -0.355 e. The summed E-state index contributed by atoms with van der Waals surface area (Å²) in [5.41, 5.74) is 2.02. The summed E-state index contributed by atoms with van der Waals surface area (Å²) in [7, 11) is 0. The topological polar surface area (TPSA) is 49.4 Å². The Morgan fingerprint density at radius 3 is 2.31 bits per heavy atom. The first kappa shape index (κ1) is 20.0. The molecule has 138 valence electrons. The van der Waals surface area contributed by atoms with Gasteiger partial charge in [-0.05, 0) is 43.5 Å². The fraction of sp³-hybridized carbons (Fsp3) is 0.333. The Bertz CT molecular complexity index is 717. The first-order valence-electron chi connectivity index (χ1n) is 8.86. The predicted molar refractivity (Wildman–Crippen MR) is 105 cm³/mol. The first-order chi connectivity index (χ1) is 12.5. The van der Waals surface area contributed by atoms with Crippen molar-refractivity contribution in [2.75, 3.05) is 13.1 Å². The molecule has 0 aliphatic carbocycles. The van der Waals surface area contributed by atoms with Crippen LogP contribution in [0.5, 0.6) is 0 Å². The number of hydrogen-bond donors (Lipinski definition) is 1. The third-order valence-corrected chi connectivity index (χ3v) is 4.52. The number of nitrogens with zero attached hydrogens (tertiary/aromatic N) is 1. The van der Waals surface area contributed by atoms with Crippen LogP contribution < -0.4 is 5.32 Å². The second kappa shape index (κ2) is 9.97. The Kier molecular flexibility index (Phi) is 7.67. The highest BCUT2D eigenvalue weighted by molar-refractivity contribution is 6.30. The van der Waals surface area contributed by atoms with Crippen LogP contribution in [0.15, 0.2) is 54.6 Å². The van der Waals surface area contributed by atoms with Gasteiger partial charge in [-0.25, -0.2) is 0 Å². The van der Waals surface area contributed by atoms with Gasteiger partial charge < -0.3 is 10.2 Å². The molecule has 2 rings (SSSR count). The molecule has 2 aromatic carbocycles. The number of benzene rings is 2. The molecule has 0 unspecified atom stereocenters. The fourth-order valence-corrected chi connectivity index (χ4v) is 2.90. The summed E-state index contributed by atoms with van der Waals surface area (Å²) in [6, 6.07) is 16.7. The van der Waals surface area contributed by atoms with Crippen LogP contribution >= 0.6 is 11.6 Å². The van der Waals surface area contributed by atoms with Crippen LogP contribution in [0.4, 0.5) is 0 Å². The number of rotatable bonds is 8. The monoisotopic (exact) mass is 372 g/mol. The van der Waals surface area contributed by atoms with Gasteiger partial charge in [0.1, 0.15) is 6.04 Å². The molecule has 1 N–H and O–H groups in total. The smallest absolute Gasteiger partial charge is 0.242 e. The van der Waals surface area contributed by atoms with Gasteiger partial charge in [0.05, 0.1) is 6.42 Å². The van der Waals surface area contributed by atoms with Crippen molar-refractivity contribution in [3.05, 3.63) is 70.7 Å². The lowest BCUT2D eigenvalue weighted by Gasteiger charge is -2.28. The predicted octanol–water partition coefficient (Wildman–Crippen LogP) is 3.48. The second-order valence-corrected chi connectivity index (χ2v) is 6.63. The number of hydrogen-bond acceptors (Lipinski definition) is 2. The maximum atomic E-state index is 12.9. The minimum absolute atomic E-state index is 0.0676. The standard InChI is InChI=1S/C21H25ClN2O2/c1-3-23-21(26)16(2)24(14-13-17-7-5-4-6-8-17)20(25)15-18-9-11-19(22)12-10-18/h4-12,16H,3,13-15H2,1-2H3,(H,23,26)/t16-/m0/s1. The third kappa shape index (κ3) is 5.88. The van der Waals surface area contributed by atoms with Crippen LogP contribution in [-0.4, -0.2) is 35.8 Å². The van der Waals surface area contributed by atoms with Gasteiger partial charge >= 0.3 is 0 Å². The zero-order valence-electron chi connectivity index (χ0n) is 15.2. The molecule has 0 saturated carbocycles. The van der Waals surface area contributed by atoms with Crippen LogP contribution in [0.25, 0.3) is 0 Å². The molecule has 0 aliphatic heterocycles. The van der Waals surface area contributed by atoms with Crippen LogP contribution in [0, 0.1) is 0 Å². The normalized spacial score (nSPS) is 11.7. The van der Waals surface area contributed by atoms with Crippen molar-refractivity contribution in [1.82, 2.24) is 10.2 Å². The van der Waals surface area contributed by atoms with Gasteiger partial charge in [0.25, 0.3) is 0 Å². The Morgan fingerprint density at radius 1 is 1.04 bits per heavy atom. The molecule has 0 aliphatic rings. The maximum Gasteiger partial charge on any atom is 0.242 e. The van der Waals surface area contributed by atoms with E-state index in [1.165, 1.54) is 0 Å². The molecule has 2 amide bonds. The van der Waals surface area contributed by atoms with Crippen molar-refractivity contribution in [2.24, 2.45) is 0 Å². The van der Waals surface area contributed by atoms with E-state index in [1.807, 2.05) is 49.4 Å². The summed E-state index contributed by atoms with van der Waals surface area (Å²) in [6.07, 6.45) is 0.951. The van der Waals surface area contributed by atoms with Crippen LogP contribution in [0.2, 0.25) is 5.02 Å². The van der Waals surface area contributed by atoms with Crippen molar-refractivity contribution >= 4 is 23.4 Å². The number of halogens is 1. The van der Waals surface area contributed by atoms with Crippen LogP contribution in [-0.2, 0) is 22.4 Å². The van der Waals surface area contributed by atoms with E-state index >= 15 is 0 Å². The summed E-state index contributed by atoms with van der Waals surface area (Å²) < 4.78 is 0. The fourth-order valence-electron chi connectivity index (χ4n) is 2.77. The number of carbonyl (C=O) groups is 2. The summed E-state index contributed by atoms with van der Waals surface area (Å²) >= 11 is 5.91. The van der Waals surface area contributed by atoms with E-state index in [0.717, 1.165) is 11.1 Å². The van der Waals surface area contributed by atoms with Crippen molar-refractivity contribution in [1.29, 1.82) is 0 Å². The molecule has 0 saturated heterocycles. The van der Waals surface area contributed by atoms with Crippen molar-refractivity contribution in [3.63, 3.8) is 0 Å². The minimum atomic E-state index is -0.515. The first-order valence-corrected chi connectivity index (χ1v) is 9.24. The lowest BCUT2D eigenvalue weighted by atomic mass is 10.1.